The van der Waals surface area contributed by atoms with Crippen LogP contribution >= 0.6 is 0 Å². The molecule has 60 valence electrons. The Balaban J connectivity index is 2.74. The SMILES string of the molecule is N#Cc1cccc(COC=O)c1. The summed E-state index contributed by atoms with van der Waals surface area (Å²) in [5, 5.41) is 8.53. The second-order valence-electron chi connectivity index (χ2n) is 2.22. The van der Waals surface area contributed by atoms with Crippen LogP contribution in [0.4, 0.5) is 0 Å². The zero-order valence-electron chi connectivity index (χ0n) is 6.36. The fourth-order valence-corrected chi connectivity index (χ4v) is 0.861. The van der Waals surface area contributed by atoms with Gasteiger partial charge in [-0.1, -0.05) is 12.1 Å². The van der Waals surface area contributed by atoms with Gasteiger partial charge in [0.15, 0.2) is 0 Å². The topological polar surface area (TPSA) is 50.1 Å². The van der Waals surface area contributed by atoms with Crippen LogP contribution in [-0.4, -0.2) is 6.47 Å². The van der Waals surface area contributed by atoms with E-state index in [1.54, 1.807) is 24.3 Å². The van der Waals surface area contributed by atoms with Crippen molar-refractivity contribution in [3.63, 3.8) is 0 Å². The molecule has 0 aliphatic carbocycles. The maximum absolute atomic E-state index is 9.85. The van der Waals surface area contributed by atoms with E-state index in [9.17, 15) is 4.79 Å². The number of nitriles is 1. The minimum Gasteiger partial charge on any atom is -0.463 e. The average Bonchev–Trinajstić information content (AvgIpc) is 2.15. The fourth-order valence-electron chi connectivity index (χ4n) is 0.861. The second-order valence-corrected chi connectivity index (χ2v) is 2.22. The van der Waals surface area contributed by atoms with Gasteiger partial charge in [0.25, 0.3) is 6.47 Å². The molecular formula is C9H7NO2. The predicted octanol–water partition coefficient (Wildman–Crippen LogP) is 1.23. The molecule has 0 unspecified atom stereocenters. The van der Waals surface area contributed by atoms with Crippen molar-refractivity contribution >= 4 is 6.47 Å². The van der Waals surface area contributed by atoms with E-state index in [1.807, 2.05) is 6.07 Å². The number of hydrogen-bond donors (Lipinski definition) is 0. The third kappa shape index (κ3) is 2.10. The second kappa shape index (κ2) is 4.14. The first-order chi connectivity index (χ1) is 5.86. The Labute approximate surface area is 70.2 Å². The van der Waals surface area contributed by atoms with Gasteiger partial charge in [0.2, 0.25) is 0 Å². The van der Waals surface area contributed by atoms with E-state index >= 15 is 0 Å². The molecule has 0 bridgehead atoms. The van der Waals surface area contributed by atoms with E-state index in [4.69, 9.17) is 5.26 Å². The first-order valence-corrected chi connectivity index (χ1v) is 3.41. The van der Waals surface area contributed by atoms with Gasteiger partial charge in [-0.25, -0.2) is 0 Å². The zero-order chi connectivity index (χ0) is 8.81. The molecule has 1 aromatic rings. The average molecular weight is 161 g/mol. The number of rotatable bonds is 3. The van der Waals surface area contributed by atoms with Crippen LogP contribution in [0.15, 0.2) is 24.3 Å². The summed E-state index contributed by atoms with van der Waals surface area (Å²) in [6, 6.07) is 8.93. The van der Waals surface area contributed by atoms with Gasteiger partial charge in [-0.05, 0) is 17.7 Å². The Kier molecular flexibility index (Phi) is 2.86. The molecule has 1 rings (SSSR count). The van der Waals surface area contributed by atoms with Crippen LogP contribution in [-0.2, 0) is 16.1 Å². The lowest BCUT2D eigenvalue weighted by atomic mass is 10.1. The summed E-state index contributed by atoms with van der Waals surface area (Å²) >= 11 is 0. The summed E-state index contributed by atoms with van der Waals surface area (Å²) < 4.78 is 4.53. The summed E-state index contributed by atoms with van der Waals surface area (Å²) in [5.74, 6) is 0. The lowest BCUT2D eigenvalue weighted by Gasteiger charge is -1.98. The molecule has 0 aliphatic heterocycles. The van der Waals surface area contributed by atoms with Crippen molar-refractivity contribution in [2.24, 2.45) is 0 Å². The van der Waals surface area contributed by atoms with E-state index in [1.165, 1.54) is 0 Å². The lowest BCUT2D eigenvalue weighted by Crippen LogP contribution is -1.90. The number of hydrogen-bond acceptors (Lipinski definition) is 3. The molecule has 0 heterocycles. The number of carbonyl (C=O) groups excluding carboxylic acids is 1. The number of nitrogens with zero attached hydrogens (tertiary/aromatic N) is 1. The molecule has 0 saturated carbocycles. The molecule has 3 heteroatoms. The largest absolute Gasteiger partial charge is 0.463 e. The molecule has 0 aromatic heterocycles. The van der Waals surface area contributed by atoms with Crippen LogP contribution in [0.25, 0.3) is 0 Å². The van der Waals surface area contributed by atoms with Gasteiger partial charge in [-0.15, -0.1) is 0 Å². The van der Waals surface area contributed by atoms with Crippen molar-refractivity contribution in [1.29, 1.82) is 5.26 Å². The van der Waals surface area contributed by atoms with Gasteiger partial charge in [0.05, 0.1) is 11.6 Å². The summed E-state index contributed by atoms with van der Waals surface area (Å²) in [4.78, 5) is 9.85. The Hall–Kier alpha value is -1.82. The van der Waals surface area contributed by atoms with E-state index in [-0.39, 0.29) is 6.61 Å². The standard InChI is InChI=1S/C9H7NO2/c10-5-8-2-1-3-9(4-8)6-12-7-11/h1-4,7H,6H2. The molecule has 1 aromatic carbocycles. The Morgan fingerprint density at radius 1 is 1.58 bits per heavy atom. The predicted molar refractivity (Wildman–Crippen MR) is 42.0 cm³/mol. The molecule has 0 aliphatic rings. The maximum Gasteiger partial charge on any atom is 0.293 e. The zero-order valence-corrected chi connectivity index (χ0v) is 6.36. The van der Waals surface area contributed by atoms with Gasteiger partial charge in [-0.2, -0.15) is 5.26 Å². The molecule has 0 atom stereocenters. The van der Waals surface area contributed by atoms with Crippen molar-refractivity contribution in [2.45, 2.75) is 6.61 Å². The van der Waals surface area contributed by atoms with Crippen LogP contribution < -0.4 is 0 Å². The van der Waals surface area contributed by atoms with E-state index in [2.05, 4.69) is 4.74 Å². The molecule has 0 amide bonds. The molecule has 0 fully saturated rings. The highest BCUT2D eigenvalue weighted by Crippen LogP contribution is 2.04. The van der Waals surface area contributed by atoms with Gasteiger partial charge in [-0.3, -0.25) is 4.79 Å². The summed E-state index contributed by atoms with van der Waals surface area (Å²) in [7, 11) is 0. The van der Waals surface area contributed by atoms with Crippen molar-refractivity contribution in [3.8, 4) is 6.07 Å². The van der Waals surface area contributed by atoms with Gasteiger partial charge >= 0.3 is 0 Å². The highest BCUT2D eigenvalue weighted by molar-refractivity contribution is 5.38. The van der Waals surface area contributed by atoms with Gasteiger partial charge < -0.3 is 4.74 Å². The molecule has 12 heavy (non-hydrogen) atoms. The third-order valence-corrected chi connectivity index (χ3v) is 1.37. The normalized spacial score (nSPS) is 8.58. The van der Waals surface area contributed by atoms with Crippen LogP contribution in [0.1, 0.15) is 11.1 Å². The summed E-state index contributed by atoms with van der Waals surface area (Å²) in [6.07, 6.45) is 0. The summed E-state index contributed by atoms with van der Waals surface area (Å²) in [6.45, 7) is 0.609. The monoisotopic (exact) mass is 161 g/mol. The van der Waals surface area contributed by atoms with Crippen molar-refractivity contribution in [2.75, 3.05) is 0 Å². The number of carbonyl (C=O) groups is 1. The smallest absolute Gasteiger partial charge is 0.293 e. The number of benzene rings is 1. The van der Waals surface area contributed by atoms with Crippen LogP contribution in [0.3, 0.4) is 0 Å². The van der Waals surface area contributed by atoms with Crippen LogP contribution in [0.5, 0.6) is 0 Å². The third-order valence-electron chi connectivity index (χ3n) is 1.37. The van der Waals surface area contributed by atoms with Crippen molar-refractivity contribution in [1.82, 2.24) is 0 Å². The van der Waals surface area contributed by atoms with E-state index in [0.29, 0.717) is 12.0 Å². The Morgan fingerprint density at radius 2 is 2.42 bits per heavy atom. The molecule has 0 radical (unpaired) electrons. The molecule has 0 N–H and O–H groups in total. The minimum atomic E-state index is 0.221. The van der Waals surface area contributed by atoms with Crippen molar-refractivity contribution in [3.05, 3.63) is 35.4 Å². The maximum atomic E-state index is 9.85. The first kappa shape index (κ1) is 8.28. The molecule has 0 spiro atoms. The molecular weight excluding hydrogens is 154 g/mol. The highest BCUT2D eigenvalue weighted by Gasteiger charge is 1.93. The Morgan fingerprint density at radius 3 is 3.08 bits per heavy atom. The summed E-state index contributed by atoms with van der Waals surface area (Å²) in [5.41, 5.74) is 1.39. The van der Waals surface area contributed by atoms with E-state index < -0.39 is 0 Å². The lowest BCUT2D eigenvalue weighted by molar-refractivity contribution is -0.129. The molecule has 0 saturated heterocycles. The van der Waals surface area contributed by atoms with Crippen LogP contribution in [0, 0.1) is 11.3 Å². The van der Waals surface area contributed by atoms with Crippen LogP contribution in [0.2, 0.25) is 0 Å². The van der Waals surface area contributed by atoms with Gasteiger partial charge in [0, 0.05) is 0 Å². The number of ether oxygens (including phenoxy) is 1. The minimum absolute atomic E-state index is 0.221. The van der Waals surface area contributed by atoms with E-state index in [0.717, 1.165) is 5.56 Å². The highest BCUT2D eigenvalue weighted by atomic mass is 16.5. The Bertz CT molecular complexity index is 315. The first-order valence-electron chi connectivity index (χ1n) is 3.41. The van der Waals surface area contributed by atoms with Crippen molar-refractivity contribution < 1.29 is 9.53 Å². The van der Waals surface area contributed by atoms with Gasteiger partial charge in [0.1, 0.15) is 6.61 Å². The quantitative estimate of drug-likeness (QED) is 0.626. The molecule has 3 nitrogen and oxygen atoms in total. The fraction of sp³-hybridized carbons (Fsp3) is 0.111.